The number of anilines is 1. The number of aliphatic imine (C=N–C) groups is 1. The summed E-state index contributed by atoms with van der Waals surface area (Å²) in [7, 11) is 0. The monoisotopic (exact) mass is 482 g/mol. The summed E-state index contributed by atoms with van der Waals surface area (Å²) in [6.45, 7) is 0.744. The maximum absolute atomic E-state index is 6.04. The minimum Gasteiger partial charge on any atom is -0.370 e. The van der Waals surface area contributed by atoms with Crippen LogP contribution >= 0.6 is 35.3 Å². The zero-order valence-corrected chi connectivity index (χ0v) is 18.2. The van der Waals surface area contributed by atoms with Crippen LogP contribution in [0.15, 0.2) is 23.2 Å². The van der Waals surface area contributed by atoms with Crippen molar-refractivity contribution in [3.8, 4) is 0 Å². The first-order valence-corrected chi connectivity index (χ1v) is 10.3. The van der Waals surface area contributed by atoms with Crippen LogP contribution in [0.5, 0.6) is 0 Å². The number of halogens is 1. The molecule has 0 fully saturated rings. The number of nitrogens with one attached hydrogen (secondary N) is 1. The summed E-state index contributed by atoms with van der Waals surface area (Å²) in [5.74, 6) is 0.511. The van der Waals surface area contributed by atoms with Gasteiger partial charge in [0.15, 0.2) is 5.96 Å². The predicted molar refractivity (Wildman–Crippen MR) is 121 cm³/mol. The second-order valence-corrected chi connectivity index (χ2v) is 8.19. The largest absolute Gasteiger partial charge is 0.370 e. The van der Waals surface area contributed by atoms with Crippen LogP contribution in [0.2, 0.25) is 0 Å². The van der Waals surface area contributed by atoms with E-state index in [1.54, 1.807) is 0 Å². The summed E-state index contributed by atoms with van der Waals surface area (Å²) in [6.07, 6.45) is 10.7. The Kier molecular flexibility index (Phi) is 6.92. The predicted octanol–water partition coefficient (Wildman–Crippen LogP) is 4.49. The Hall–Kier alpha value is -1.15. The van der Waals surface area contributed by atoms with Crippen molar-refractivity contribution in [1.82, 2.24) is 4.98 Å². The van der Waals surface area contributed by atoms with E-state index in [2.05, 4.69) is 28.5 Å². The molecular formula is C20H27IN4S. The Labute approximate surface area is 176 Å². The Morgan fingerprint density at radius 3 is 2.85 bits per heavy atom. The molecule has 1 aromatic heterocycles. The lowest BCUT2D eigenvalue weighted by Crippen LogP contribution is -2.23. The van der Waals surface area contributed by atoms with Gasteiger partial charge in [-0.2, -0.15) is 0 Å². The second kappa shape index (κ2) is 9.17. The summed E-state index contributed by atoms with van der Waals surface area (Å²) in [5.41, 5.74) is 11.4. The van der Waals surface area contributed by atoms with E-state index < -0.39 is 0 Å². The highest BCUT2D eigenvalue weighted by Crippen LogP contribution is 2.27. The van der Waals surface area contributed by atoms with Crippen LogP contribution in [0.4, 0.5) is 5.69 Å². The Bertz CT molecular complexity index is 761. The van der Waals surface area contributed by atoms with Gasteiger partial charge in [0.05, 0.1) is 10.7 Å². The van der Waals surface area contributed by atoms with Gasteiger partial charge < -0.3 is 11.1 Å². The molecule has 2 aliphatic rings. The molecule has 0 aliphatic heterocycles. The molecule has 0 radical (unpaired) electrons. The summed E-state index contributed by atoms with van der Waals surface area (Å²) in [6, 6.07) is 6.53. The number of fused-ring (bicyclic) bond motifs is 2. The molecule has 2 aliphatic carbocycles. The van der Waals surface area contributed by atoms with Gasteiger partial charge in [-0.25, -0.2) is 4.98 Å². The molecule has 6 heteroatoms. The Morgan fingerprint density at radius 2 is 1.96 bits per heavy atom. The highest BCUT2D eigenvalue weighted by Gasteiger charge is 2.14. The third kappa shape index (κ3) is 4.76. The molecule has 140 valence electrons. The van der Waals surface area contributed by atoms with Crippen LogP contribution in [-0.4, -0.2) is 17.5 Å². The molecule has 1 aromatic carbocycles. The first-order chi connectivity index (χ1) is 12.3. The molecule has 26 heavy (non-hydrogen) atoms. The highest BCUT2D eigenvalue weighted by atomic mass is 127. The van der Waals surface area contributed by atoms with E-state index in [1.807, 2.05) is 11.3 Å². The minimum absolute atomic E-state index is 0. The number of thiazole rings is 1. The minimum atomic E-state index is 0. The number of rotatable bonds is 5. The summed E-state index contributed by atoms with van der Waals surface area (Å²) in [4.78, 5) is 10.8. The topological polar surface area (TPSA) is 63.3 Å². The summed E-state index contributed by atoms with van der Waals surface area (Å²) in [5, 5.41) is 4.50. The maximum atomic E-state index is 6.04. The SMILES string of the molecule is I.NC(=NCCCc1nc2c(s1)CCCC2)Nc1ccc2c(c1)CCC2. The average Bonchev–Trinajstić information content (AvgIpc) is 3.24. The molecule has 1 heterocycles. The molecular weight excluding hydrogens is 455 g/mol. The van der Waals surface area contributed by atoms with E-state index >= 15 is 0 Å². The fourth-order valence-corrected chi connectivity index (χ4v) is 4.98. The van der Waals surface area contributed by atoms with Crippen molar-refractivity contribution >= 4 is 47.0 Å². The standard InChI is InChI=1S/C20H26N4S.HI/c21-20(23-16-11-10-14-5-3-6-15(14)13-16)22-12-4-9-19-24-17-7-1-2-8-18(17)25-19;/h10-11,13H,1-9,12H2,(H3,21,22,23);1H. The molecule has 4 rings (SSSR count). The van der Waals surface area contributed by atoms with Crippen molar-refractivity contribution in [1.29, 1.82) is 0 Å². The van der Waals surface area contributed by atoms with Crippen molar-refractivity contribution < 1.29 is 0 Å². The normalized spacial score (nSPS) is 15.9. The van der Waals surface area contributed by atoms with Crippen molar-refractivity contribution in [2.75, 3.05) is 11.9 Å². The van der Waals surface area contributed by atoms with E-state index in [4.69, 9.17) is 10.7 Å². The maximum Gasteiger partial charge on any atom is 0.193 e. The summed E-state index contributed by atoms with van der Waals surface area (Å²) < 4.78 is 0. The zero-order chi connectivity index (χ0) is 17.1. The lowest BCUT2D eigenvalue weighted by atomic mass is 10.0. The number of hydrogen-bond donors (Lipinski definition) is 2. The number of aromatic nitrogens is 1. The van der Waals surface area contributed by atoms with Crippen LogP contribution in [0.3, 0.4) is 0 Å². The van der Waals surface area contributed by atoms with Gasteiger partial charge in [-0.3, -0.25) is 4.99 Å². The van der Waals surface area contributed by atoms with E-state index in [0.717, 1.165) is 25.1 Å². The van der Waals surface area contributed by atoms with E-state index in [0.29, 0.717) is 5.96 Å². The number of nitrogens with two attached hydrogens (primary N) is 1. The average molecular weight is 482 g/mol. The van der Waals surface area contributed by atoms with Crippen LogP contribution in [0, 0.1) is 0 Å². The smallest absolute Gasteiger partial charge is 0.193 e. The molecule has 0 atom stereocenters. The first-order valence-electron chi connectivity index (χ1n) is 9.44. The number of hydrogen-bond acceptors (Lipinski definition) is 3. The zero-order valence-electron chi connectivity index (χ0n) is 15.1. The third-order valence-electron chi connectivity index (χ3n) is 5.09. The Balaban J connectivity index is 0.00000196. The molecule has 0 saturated carbocycles. The molecule has 4 nitrogen and oxygen atoms in total. The van der Waals surface area contributed by atoms with Gasteiger partial charge in [-0.05, 0) is 74.6 Å². The van der Waals surface area contributed by atoms with Crippen LogP contribution < -0.4 is 11.1 Å². The Morgan fingerprint density at radius 1 is 1.12 bits per heavy atom. The lowest BCUT2D eigenvalue weighted by molar-refractivity contribution is 0.679. The first kappa shape index (κ1) is 19.6. The van der Waals surface area contributed by atoms with E-state index in [1.165, 1.54) is 71.7 Å². The van der Waals surface area contributed by atoms with Crippen molar-refractivity contribution in [2.45, 2.75) is 57.8 Å². The van der Waals surface area contributed by atoms with Gasteiger partial charge in [-0.15, -0.1) is 35.3 Å². The van der Waals surface area contributed by atoms with Crippen molar-refractivity contribution in [3.63, 3.8) is 0 Å². The molecule has 0 bridgehead atoms. The van der Waals surface area contributed by atoms with Gasteiger partial charge in [0.25, 0.3) is 0 Å². The molecule has 2 aromatic rings. The van der Waals surface area contributed by atoms with Gasteiger partial charge in [0.2, 0.25) is 0 Å². The molecule has 0 saturated heterocycles. The number of benzene rings is 1. The van der Waals surface area contributed by atoms with Crippen LogP contribution in [-0.2, 0) is 32.1 Å². The fourth-order valence-electron chi connectivity index (χ4n) is 3.78. The third-order valence-corrected chi connectivity index (χ3v) is 6.31. The van der Waals surface area contributed by atoms with Crippen LogP contribution in [0.25, 0.3) is 0 Å². The fraction of sp³-hybridized carbons (Fsp3) is 0.500. The lowest BCUT2D eigenvalue weighted by Gasteiger charge is -2.07. The molecule has 0 unspecified atom stereocenters. The quantitative estimate of drug-likeness (QED) is 0.286. The second-order valence-electron chi connectivity index (χ2n) is 7.02. The highest BCUT2D eigenvalue weighted by molar-refractivity contribution is 14.0. The van der Waals surface area contributed by atoms with Crippen molar-refractivity contribution in [2.24, 2.45) is 10.7 Å². The van der Waals surface area contributed by atoms with Gasteiger partial charge >= 0.3 is 0 Å². The van der Waals surface area contributed by atoms with Crippen molar-refractivity contribution in [3.05, 3.63) is 44.9 Å². The molecule has 0 amide bonds. The molecule has 0 spiro atoms. The van der Waals surface area contributed by atoms with Gasteiger partial charge in [0.1, 0.15) is 0 Å². The van der Waals surface area contributed by atoms with Gasteiger partial charge in [-0.1, -0.05) is 6.07 Å². The van der Waals surface area contributed by atoms with Crippen LogP contribution in [0.1, 0.15) is 52.4 Å². The van der Waals surface area contributed by atoms with E-state index in [-0.39, 0.29) is 24.0 Å². The van der Waals surface area contributed by atoms with Gasteiger partial charge in [0, 0.05) is 23.5 Å². The number of aryl methyl sites for hydroxylation is 5. The number of nitrogens with zero attached hydrogens (tertiary/aromatic N) is 2. The van der Waals surface area contributed by atoms with E-state index in [9.17, 15) is 0 Å². The summed E-state index contributed by atoms with van der Waals surface area (Å²) >= 11 is 1.90. The number of guanidine groups is 1. The molecule has 3 N–H and O–H groups in total.